The molecule has 1 aromatic carbocycles. The van der Waals surface area contributed by atoms with Gasteiger partial charge in [0.1, 0.15) is 12.1 Å². The quantitative estimate of drug-likeness (QED) is 0.762. The maximum Gasteiger partial charge on any atom is 0.573 e. The lowest BCUT2D eigenvalue weighted by Crippen LogP contribution is -2.31. The first kappa shape index (κ1) is 18.2. The Balaban J connectivity index is 2.17. The lowest BCUT2D eigenvalue weighted by Gasteiger charge is -2.18. The Kier molecular flexibility index (Phi) is 5.57. The third-order valence-electron chi connectivity index (χ3n) is 3.05. The highest BCUT2D eigenvalue weighted by Gasteiger charge is 2.31. The number of alkyl halides is 3. The van der Waals surface area contributed by atoms with Crippen LogP contribution < -0.4 is 10.1 Å². The fourth-order valence-corrected chi connectivity index (χ4v) is 1.95. The van der Waals surface area contributed by atoms with Crippen molar-refractivity contribution in [3.63, 3.8) is 0 Å². The van der Waals surface area contributed by atoms with E-state index in [4.69, 9.17) is 0 Å². The summed E-state index contributed by atoms with van der Waals surface area (Å²) in [5.74, 6) is -1.75. The van der Waals surface area contributed by atoms with E-state index in [0.717, 1.165) is 18.5 Å². The Labute approximate surface area is 139 Å². The molecule has 1 unspecified atom stereocenters. The number of carbonyl (C=O) groups excluding carboxylic acids is 2. The summed E-state index contributed by atoms with van der Waals surface area (Å²) in [6.45, 7) is 0. The van der Waals surface area contributed by atoms with E-state index in [1.165, 1.54) is 19.2 Å². The van der Waals surface area contributed by atoms with Crippen LogP contribution in [-0.2, 0) is 9.53 Å². The van der Waals surface area contributed by atoms with Crippen LogP contribution in [0.15, 0.2) is 30.6 Å². The third-order valence-corrected chi connectivity index (χ3v) is 3.05. The number of carbonyl (C=O) groups is 2. The molecular weight excluding hydrogens is 345 g/mol. The van der Waals surface area contributed by atoms with Gasteiger partial charge in [0.05, 0.1) is 19.6 Å². The molecular formula is C14H13F3N4O4. The second kappa shape index (κ2) is 7.64. The topological polar surface area (TPSA) is 106 Å². The van der Waals surface area contributed by atoms with Gasteiger partial charge in [0.15, 0.2) is 0 Å². The molecule has 1 amide bonds. The molecule has 0 aliphatic heterocycles. The van der Waals surface area contributed by atoms with Gasteiger partial charge in [0, 0.05) is 0 Å². The van der Waals surface area contributed by atoms with Gasteiger partial charge >= 0.3 is 12.3 Å². The van der Waals surface area contributed by atoms with Gasteiger partial charge in [0.25, 0.3) is 5.91 Å². The number of hydrogen-bond donors (Lipinski definition) is 2. The van der Waals surface area contributed by atoms with Crippen LogP contribution in [0.25, 0.3) is 0 Å². The number of methoxy groups -OCH3 is 1. The molecule has 11 heteroatoms. The molecule has 1 heterocycles. The van der Waals surface area contributed by atoms with Gasteiger partial charge < -0.3 is 14.8 Å². The number of benzene rings is 1. The Morgan fingerprint density at radius 2 is 1.96 bits per heavy atom. The number of amides is 1. The zero-order valence-corrected chi connectivity index (χ0v) is 12.8. The second-order valence-corrected chi connectivity index (χ2v) is 4.76. The van der Waals surface area contributed by atoms with Crippen LogP contribution >= 0.6 is 0 Å². The molecule has 1 aromatic heterocycles. The first-order chi connectivity index (χ1) is 11.8. The Bertz CT molecular complexity index is 717. The summed E-state index contributed by atoms with van der Waals surface area (Å²) in [7, 11) is 1.18. The van der Waals surface area contributed by atoms with E-state index in [9.17, 15) is 22.8 Å². The van der Waals surface area contributed by atoms with Crippen LogP contribution in [0, 0.1) is 0 Å². The van der Waals surface area contributed by atoms with E-state index >= 15 is 0 Å². The van der Waals surface area contributed by atoms with Crippen LogP contribution in [0.1, 0.15) is 28.6 Å². The van der Waals surface area contributed by atoms with Crippen molar-refractivity contribution < 1.29 is 32.2 Å². The fraction of sp³-hybridized carbons (Fsp3) is 0.286. The van der Waals surface area contributed by atoms with Crippen LogP contribution in [0.5, 0.6) is 5.75 Å². The van der Waals surface area contributed by atoms with Crippen LogP contribution in [0.2, 0.25) is 0 Å². The standard InChI is InChI=1S/C14H13F3N4O4/c1-24-11(22)6-10(20-13(23)12-18-7-19-21-12)8-2-4-9(5-3-8)25-14(15,16)17/h2-5,7,10H,6H2,1H3,(H,20,23)(H,18,19,21). The molecule has 0 saturated heterocycles. The van der Waals surface area contributed by atoms with Gasteiger partial charge in [-0.1, -0.05) is 12.1 Å². The predicted molar refractivity (Wildman–Crippen MR) is 76.3 cm³/mol. The summed E-state index contributed by atoms with van der Waals surface area (Å²) in [4.78, 5) is 27.3. The maximum atomic E-state index is 12.2. The van der Waals surface area contributed by atoms with Crippen molar-refractivity contribution in [1.82, 2.24) is 20.5 Å². The molecule has 2 rings (SSSR count). The molecule has 8 nitrogen and oxygen atoms in total. The minimum Gasteiger partial charge on any atom is -0.469 e. The number of hydrogen-bond acceptors (Lipinski definition) is 6. The van der Waals surface area contributed by atoms with Crippen LogP contribution in [0.4, 0.5) is 13.2 Å². The summed E-state index contributed by atoms with van der Waals surface area (Å²) < 4.78 is 44.9. The summed E-state index contributed by atoms with van der Waals surface area (Å²) in [5.41, 5.74) is 0.382. The van der Waals surface area contributed by atoms with Crippen molar-refractivity contribution in [2.75, 3.05) is 7.11 Å². The van der Waals surface area contributed by atoms with Crippen molar-refractivity contribution in [3.8, 4) is 5.75 Å². The number of nitrogens with zero attached hydrogens (tertiary/aromatic N) is 2. The molecule has 2 aromatic rings. The Morgan fingerprint density at radius 1 is 1.28 bits per heavy atom. The van der Waals surface area contributed by atoms with Gasteiger partial charge in [-0.2, -0.15) is 5.10 Å². The van der Waals surface area contributed by atoms with Crippen molar-refractivity contribution in [2.24, 2.45) is 0 Å². The number of aromatic amines is 1. The molecule has 0 saturated carbocycles. The molecule has 0 aliphatic carbocycles. The minimum atomic E-state index is -4.81. The monoisotopic (exact) mass is 358 g/mol. The van der Waals surface area contributed by atoms with E-state index in [1.807, 2.05) is 0 Å². The largest absolute Gasteiger partial charge is 0.573 e. The molecule has 0 aliphatic rings. The molecule has 1 atom stereocenters. The lowest BCUT2D eigenvalue weighted by molar-refractivity contribution is -0.274. The smallest absolute Gasteiger partial charge is 0.469 e. The summed E-state index contributed by atoms with van der Waals surface area (Å²) in [6, 6.07) is 3.91. The van der Waals surface area contributed by atoms with Crippen molar-refractivity contribution in [1.29, 1.82) is 0 Å². The average Bonchev–Trinajstić information content (AvgIpc) is 3.08. The predicted octanol–water partition coefficient (Wildman–Crippen LogP) is 1.74. The number of rotatable bonds is 6. The minimum absolute atomic E-state index is 0.0770. The van der Waals surface area contributed by atoms with E-state index in [0.29, 0.717) is 5.56 Å². The van der Waals surface area contributed by atoms with E-state index < -0.39 is 30.0 Å². The summed E-state index contributed by atoms with van der Waals surface area (Å²) in [5, 5.41) is 8.43. The first-order valence-electron chi connectivity index (χ1n) is 6.87. The van der Waals surface area contributed by atoms with Crippen molar-refractivity contribution >= 4 is 11.9 Å². The molecule has 134 valence electrons. The first-order valence-corrected chi connectivity index (χ1v) is 6.87. The second-order valence-electron chi connectivity index (χ2n) is 4.76. The Morgan fingerprint density at radius 3 is 2.48 bits per heavy atom. The van der Waals surface area contributed by atoms with Crippen molar-refractivity contribution in [2.45, 2.75) is 18.8 Å². The van der Waals surface area contributed by atoms with Gasteiger partial charge in [-0.05, 0) is 17.7 Å². The number of esters is 1. The highest BCUT2D eigenvalue weighted by Crippen LogP contribution is 2.25. The van der Waals surface area contributed by atoms with Gasteiger partial charge in [-0.3, -0.25) is 14.7 Å². The number of aromatic nitrogens is 3. The molecule has 2 N–H and O–H groups in total. The van der Waals surface area contributed by atoms with E-state index in [-0.39, 0.29) is 12.2 Å². The van der Waals surface area contributed by atoms with Crippen LogP contribution in [0.3, 0.4) is 0 Å². The average molecular weight is 358 g/mol. The SMILES string of the molecule is COC(=O)CC(NC(=O)c1ncn[nH]1)c1ccc(OC(F)(F)F)cc1. The van der Waals surface area contributed by atoms with E-state index in [1.54, 1.807) is 0 Å². The summed E-state index contributed by atoms with van der Waals surface area (Å²) in [6.07, 6.45) is -3.91. The van der Waals surface area contributed by atoms with E-state index in [2.05, 4.69) is 30.0 Å². The molecule has 0 fully saturated rings. The normalized spacial score (nSPS) is 12.3. The van der Waals surface area contributed by atoms with Crippen LogP contribution in [-0.4, -0.2) is 40.5 Å². The molecule has 0 spiro atoms. The van der Waals surface area contributed by atoms with Crippen molar-refractivity contribution in [3.05, 3.63) is 42.0 Å². The number of ether oxygens (including phenoxy) is 2. The summed E-state index contributed by atoms with van der Waals surface area (Å²) >= 11 is 0. The highest BCUT2D eigenvalue weighted by atomic mass is 19.4. The number of nitrogens with one attached hydrogen (secondary N) is 2. The van der Waals surface area contributed by atoms with Gasteiger partial charge in [-0.15, -0.1) is 13.2 Å². The number of halogens is 3. The highest BCUT2D eigenvalue weighted by molar-refractivity contribution is 5.90. The molecule has 0 radical (unpaired) electrons. The van der Waals surface area contributed by atoms with Gasteiger partial charge in [0.2, 0.25) is 5.82 Å². The lowest BCUT2D eigenvalue weighted by atomic mass is 10.0. The molecule has 25 heavy (non-hydrogen) atoms. The molecule has 0 bridgehead atoms. The Hall–Kier alpha value is -3.11. The fourth-order valence-electron chi connectivity index (χ4n) is 1.95. The number of H-pyrrole nitrogens is 1. The zero-order chi connectivity index (χ0) is 18.4. The maximum absolute atomic E-state index is 12.2. The third kappa shape index (κ3) is 5.48. The van der Waals surface area contributed by atoms with Gasteiger partial charge in [-0.25, -0.2) is 4.98 Å². The zero-order valence-electron chi connectivity index (χ0n) is 12.8.